The number of benzene rings is 2. The molecule has 2 aromatic carbocycles. The van der Waals surface area contributed by atoms with Gasteiger partial charge in [-0.3, -0.25) is 14.5 Å². The minimum atomic E-state index is -0.809. The van der Waals surface area contributed by atoms with Gasteiger partial charge in [-0.15, -0.1) is 0 Å². The number of hydrogen-bond donors (Lipinski definition) is 1. The zero-order valence-corrected chi connectivity index (χ0v) is 13.7. The van der Waals surface area contributed by atoms with Gasteiger partial charge in [0.25, 0.3) is 5.24 Å². The summed E-state index contributed by atoms with van der Waals surface area (Å²) in [7, 11) is 0. The molecular weight excluding hydrogens is 324 g/mol. The minimum absolute atomic E-state index is 0.0332. The van der Waals surface area contributed by atoms with E-state index in [2.05, 4.69) is 12.1 Å². The minimum Gasteiger partial charge on any atom is -0.389 e. The monoisotopic (exact) mass is 340 g/mol. The van der Waals surface area contributed by atoms with E-state index < -0.39 is 6.10 Å². The van der Waals surface area contributed by atoms with Crippen molar-refractivity contribution in [3.63, 3.8) is 0 Å². The van der Waals surface area contributed by atoms with Crippen LogP contribution in [0.5, 0.6) is 0 Å². The van der Waals surface area contributed by atoms with Gasteiger partial charge in [-0.05, 0) is 12.1 Å². The second kappa shape index (κ2) is 5.96. The number of nitrogens with zero attached hydrogens (tertiary/aromatic N) is 2. The van der Waals surface area contributed by atoms with Crippen molar-refractivity contribution in [1.29, 1.82) is 0 Å². The summed E-state index contributed by atoms with van der Waals surface area (Å²) >= 11 is 0.988. The summed E-state index contributed by atoms with van der Waals surface area (Å²) in [5.41, 5.74) is 2.07. The molecule has 0 spiro atoms. The van der Waals surface area contributed by atoms with Gasteiger partial charge in [-0.25, -0.2) is 0 Å². The Morgan fingerprint density at radius 3 is 2.08 bits per heavy atom. The number of hydrogen-bond acceptors (Lipinski definition) is 4. The van der Waals surface area contributed by atoms with Gasteiger partial charge in [0.2, 0.25) is 5.91 Å². The Kier molecular flexibility index (Phi) is 3.78. The molecule has 2 heterocycles. The van der Waals surface area contributed by atoms with Crippen molar-refractivity contribution < 1.29 is 14.7 Å². The maximum Gasteiger partial charge on any atom is 0.288 e. The topological polar surface area (TPSA) is 62.5 Å². The molecule has 4 rings (SSSR count). The lowest BCUT2D eigenvalue weighted by Gasteiger charge is -2.19. The van der Waals surface area contributed by atoms with Crippen LogP contribution in [0.15, 0.2) is 48.5 Å². The number of carbonyl (C=O) groups excluding carboxylic acids is 2. The highest BCUT2D eigenvalue weighted by molar-refractivity contribution is 8.14. The smallest absolute Gasteiger partial charge is 0.288 e. The van der Waals surface area contributed by atoms with Crippen LogP contribution in [0.2, 0.25) is 0 Å². The lowest BCUT2D eigenvalue weighted by atomic mass is 10.2. The van der Waals surface area contributed by atoms with Crippen LogP contribution in [0.3, 0.4) is 0 Å². The van der Waals surface area contributed by atoms with E-state index in [1.807, 2.05) is 41.0 Å². The van der Waals surface area contributed by atoms with Gasteiger partial charge in [0, 0.05) is 21.8 Å². The summed E-state index contributed by atoms with van der Waals surface area (Å²) in [6.45, 7) is 0.362. The van der Waals surface area contributed by atoms with Crippen molar-refractivity contribution in [2.24, 2.45) is 0 Å². The largest absolute Gasteiger partial charge is 0.389 e. The van der Waals surface area contributed by atoms with Gasteiger partial charge in [0.15, 0.2) is 0 Å². The molecule has 0 unspecified atom stereocenters. The van der Waals surface area contributed by atoms with E-state index in [9.17, 15) is 14.7 Å². The number of rotatable bonds is 4. The molecule has 1 aliphatic heterocycles. The Bertz CT molecular complexity index is 880. The molecule has 1 N–H and O–H groups in total. The van der Waals surface area contributed by atoms with Crippen LogP contribution in [-0.4, -0.2) is 44.1 Å². The van der Waals surface area contributed by atoms with Crippen LogP contribution in [0, 0.1) is 0 Å². The molecule has 2 amide bonds. The zero-order chi connectivity index (χ0) is 16.7. The number of β-amino-alcohol motifs (C(OH)–C–C–N with tert-alkyl or cyclic N) is 1. The highest BCUT2D eigenvalue weighted by atomic mass is 32.2. The lowest BCUT2D eigenvalue weighted by molar-refractivity contribution is -0.125. The van der Waals surface area contributed by atoms with Crippen molar-refractivity contribution in [2.45, 2.75) is 12.6 Å². The van der Waals surface area contributed by atoms with Crippen LogP contribution in [0.1, 0.15) is 0 Å². The molecule has 0 bridgehead atoms. The van der Waals surface area contributed by atoms with Crippen LogP contribution < -0.4 is 0 Å². The second-order valence-corrected chi connectivity index (χ2v) is 6.78. The van der Waals surface area contributed by atoms with E-state index in [0.717, 1.165) is 38.5 Å². The third-order valence-corrected chi connectivity index (χ3v) is 5.17. The summed E-state index contributed by atoms with van der Waals surface area (Å²) in [6, 6.07) is 16.1. The SMILES string of the molecule is O=C1CSC(=O)N1C[C@@H](O)Cn1c2ccccc2c2ccccc21. The van der Waals surface area contributed by atoms with E-state index >= 15 is 0 Å². The molecule has 1 saturated heterocycles. The zero-order valence-electron chi connectivity index (χ0n) is 12.9. The van der Waals surface area contributed by atoms with Gasteiger partial charge in [-0.1, -0.05) is 48.2 Å². The lowest BCUT2D eigenvalue weighted by Crippen LogP contribution is -2.37. The Morgan fingerprint density at radius 2 is 1.54 bits per heavy atom. The molecule has 3 aromatic rings. The molecule has 1 aromatic heterocycles. The molecule has 24 heavy (non-hydrogen) atoms. The number of aromatic nitrogens is 1. The third-order valence-electron chi connectivity index (χ3n) is 4.31. The Hall–Kier alpha value is -2.31. The van der Waals surface area contributed by atoms with Crippen LogP contribution in [-0.2, 0) is 11.3 Å². The van der Waals surface area contributed by atoms with Crippen molar-refractivity contribution in [3.8, 4) is 0 Å². The summed E-state index contributed by atoms with van der Waals surface area (Å²) in [6.07, 6.45) is -0.809. The molecule has 0 aliphatic carbocycles. The number of aliphatic hydroxyl groups is 1. The number of imide groups is 1. The first-order valence-electron chi connectivity index (χ1n) is 7.76. The van der Waals surface area contributed by atoms with Crippen LogP contribution >= 0.6 is 11.8 Å². The molecule has 1 atom stereocenters. The highest BCUT2D eigenvalue weighted by Crippen LogP contribution is 2.29. The van der Waals surface area contributed by atoms with E-state index in [1.54, 1.807) is 0 Å². The number of thioether (sulfide) groups is 1. The van der Waals surface area contributed by atoms with E-state index in [-0.39, 0.29) is 23.4 Å². The van der Waals surface area contributed by atoms with Gasteiger partial charge >= 0.3 is 0 Å². The Morgan fingerprint density at radius 1 is 0.958 bits per heavy atom. The average molecular weight is 340 g/mol. The molecule has 0 radical (unpaired) electrons. The molecule has 1 fully saturated rings. The number of aliphatic hydroxyl groups excluding tert-OH is 1. The molecule has 122 valence electrons. The van der Waals surface area contributed by atoms with E-state index in [4.69, 9.17) is 0 Å². The maximum absolute atomic E-state index is 11.7. The third kappa shape index (κ3) is 2.48. The summed E-state index contributed by atoms with van der Waals surface area (Å²) in [5.74, 6) is -0.0627. The number of fused-ring (bicyclic) bond motifs is 3. The number of carbonyl (C=O) groups is 2. The first kappa shape index (κ1) is 15.2. The standard InChI is InChI=1S/C18H16N2O3S/c21-12(10-20-17(22)11-24-18(20)23)9-19-15-7-3-1-5-13(15)14-6-2-4-8-16(14)19/h1-8,12,21H,9-11H2/t12-/m0/s1. The molecule has 6 heteroatoms. The van der Waals surface area contributed by atoms with E-state index in [0.29, 0.717) is 6.54 Å². The summed E-state index contributed by atoms with van der Waals surface area (Å²) in [5, 5.41) is 12.4. The predicted octanol–water partition coefficient (Wildman–Crippen LogP) is 2.85. The Labute approximate surface area is 142 Å². The predicted molar refractivity (Wildman–Crippen MR) is 95.0 cm³/mol. The van der Waals surface area contributed by atoms with Crippen LogP contribution in [0.4, 0.5) is 4.79 Å². The molecule has 5 nitrogen and oxygen atoms in total. The first-order chi connectivity index (χ1) is 11.6. The van der Waals surface area contributed by atoms with Crippen molar-refractivity contribution >= 4 is 44.7 Å². The number of amides is 2. The molecule has 1 aliphatic rings. The van der Waals surface area contributed by atoms with Crippen molar-refractivity contribution in [2.75, 3.05) is 12.3 Å². The fourth-order valence-electron chi connectivity index (χ4n) is 3.24. The fourth-order valence-corrected chi connectivity index (χ4v) is 3.97. The van der Waals surface area contributed by atoms with Gasteiger partial charge < -0.3 is 9.67 Å². The fraction of sp³-hybridized carbons (Fsp3) is 0.222. The quantitative estimate of drug-likeness (QED) is 0.793. The normalized spacial score (nSPS) is 16.5. The Balaban J connectivity index is 1.68. The highest BCUT2D eigenvalue weighted by Gasteiger charge is 2.31. The average Bonchev–Trinajstić information content (AvgIpc) is 3.08. The molecular formula is C18H16N2O3S. The molecule has 0 saturated carbocycles. The number of para-hydroxylation sites is 2. The van der Waals surface area contributed by atoms with Gasteiger partial charge in [0.1, 0.15) is 0 Å². The second-order valence-electron chi connectivity index (χ2n) is 5.86. The van der Waals surface area contributed by atoms with Crippen LogP contribution in [0.25, 0.3) is 21.8 Å². The van der Waals surface area contributed by atoms with Crippen molar-refractivity contribution in [1.82, 2.24) is 9.47 Å². The van der Waals surface area contributed by atoms with Gasteiger partial charge in [0.05, 0.1) is 24.9 Å². The van der Waals surface area contributed by atoms with Crippen molar-refractivity contribution in [3.05, 3.63) is 48.5 Å². The van der Waals surface area contributed by atoms with Gasteiger partial charge in [-0.2, -0.15) is 0 Å². The summed E-state index contributed by atoms with van der Waals surface area (Å²) < 4.78 is 2.05. The summed E-state index contributed by atoms with van der Waals surface area (Å²) in [4.78, 5) is 24.6. The van der Waals surface area contributed by atoms with E-state index in [1.165, 1.54) is 0 Å². The first-order valence-corrected chi connectivity index (χ1v) is 8.75. The maximum atomic E-state index is 11.7.